The molecular weight excluding hydrogens is 218 g/mol. The van der Waals surface area contributed by atoms with Gasteiger partial charge in [-0.1, -0.05) is 0 Å². The van der Waals surface area contributed by atoms with Crippen molar-refractivity contribution in [3.05, 3.63) is 0 Å². The van der Waals surface area contributed by atoms with E-state index in [2.05, 4.69) is 5.32 Å². The molecule has 0 aromatic heterocycles. The minimum Gasteiger partial charge on any atom is -0.382 e. The molecule has 4 nitrogen and oxygen atoms in total. The topological polar surface area (TPSA) is 39.7 Å². The van der Waals surface area contributed by atoms with Crippen molar-refractivity contribution in [1.29, 1.82) is 0 Å². The fourth-order valence-corrected chi connectivity index (χ4v) is 2.69. The first kappa shape index (κ1) is 13.3. The molecule has 17 heavy (non-hydrogen) atoms. The van der Waals surface area contributed by atoms with Crippen molar-refractivity contribution >= 4 is 0 Å². The van der Waals surface area contributed by atoms with Crippen molar-refractivity contribution < 1.29 is 14.2 Å². The van der Waals surface area contributed by atoms with E-state index in [4.69, 9.17) is 14.2 Å². The van der Waals surface area contributed by atoms with E-state index < -0.39 is 0 Å². The lowest BCUT2D eigenvalue weighted by Crippen LogP contribution is -2.47. The van der Waals surface area contributed by atoms with E-state index in [1.807, 2.05) is 6.92 Å². The lowest BCUT2D eigenvalue weighted by Gasteiger charge is -2.37. The smallest absolute Gasteiger partial charge is 0.0951 e. The Morgan fingerprint density at radius 3 is 3.12 bits per heavy atom. The highest BCUT2D eigenvalue weighted by molar-refractivity contribution is 4.92. The zero-order valence-electron chi connectivity index (χ0n) is 10.9. The Morgan fingerprint density at radius 2 is 2.35 bits per heavy atom. The van der Waals surface area contributed by atoms with E-state index in [9.17, 15) is 0 Å². The molecule has 2 atom stereocenters. The van der Waals surface area contributed by atoms with Gasteiger partial charge in [-0.2, -0.15) is 0 Å². The quantitative estimate of drug-likeness (QED) is 0.715. The van der Waals surface area contributed by atoms with Crippen LogP contribution in [0.3, 0.4) is 0 Å². The average Bonchev–Trinajstić information content (AvgIpc) is 2.77. The summed E-state index contributed by atoms with van der Waals surface area (Å²) < 4.78 is 16.7. The molecule has 0 aliphatic carbocycles. The van der Waals surface area contributed by atoms with E-state index in [1.54, 1.807) is 0 Å². The van der Waals surface area contributed by atoms with Crippen molar-refractivity contribution in [2.45, 2.75) is 44.2 Å². The molecule has 2 unspecified atom stereocenters. The van der Waals surface area contributed by atoms with Gasteiger partial charge in [0, 0.05) is 38.9 Å². The van der Waals surface area contributed by atoms with Gasteiger partial charge >= 0.3 is 0 Å². The second kappa shape index (κ2) is 6.69. The highest BCUT2D eigenvalue weighted by Crippen LogP contribution is 2.32. The molecule has 2 rings (SSSR count). The molecule has 100 valence electrons. The summed E-state index contributed by atoms with van der Waals surface area (Å²) in [6, 6.07) is 0.590. The van der Waals surface area contributed by atoms with Crippen LogP contribution in [-0.2, 0) is 14.2 Å². The molecule has 1 N–H and O–H groups in total. The maximum Gasteiger partial charge on any atom is 0.0951 e. The van der Waals surface area contributed by atoms with Gasteiger partial charge in [-0.25, -0.2) is 0 Å². The first-order chi connectivity index (χ1) is 8.35. The van der Waals surface area contributed by atoms with Crippen LogP contribution >= 0.6 is 0 Å². The molecule has 1 spiro atoms. The maximum absolute atomic E-state index is 5.91. The second-order valence-electron chi connectivity index (χ2n) is 5.03. The predicted molar refractivity (Wildman–Crippen MR) is 66.3 cm³/mol. The predicted octanol–water partition coefficient (Wildman–Crippen LogP) is 1.34. The van der Waals surface area contributed by atoms with Gasteiger partial charge in [-0.3, -0.25) is 0 Å². The lowest BCUT2D eigenvalue weighted by atomic mass is 9.89. The molecule has 0 bridgehead atoms. The minimum absolute atomic E-state index is 0.0236. The molecule has 4 heteroatoms. The van der Waals surface area contributed by atoms with Crippen LogP contribution in [0.1, 0.15) is 32.6 Å². The van der Waals surface area contributed by atoms with Crippen LogP contribution in [0.4, 0.5) is 0 Å². The first-order valence-electron chi connectivity index (χ1n) is 6.87. The molecule has 2 heterocycles. The Morgan fingerprint density at radius 1 is 1.41 bits per heavy atom. The first-order valence-corrected chi connectivity index (χ1v) is 6.87. The Balaban J connectivity index is 1.63. The summed E-state index contributed by atoms with van der Waals surface area (Å²) >= 11 is 0. The van der Waals surface area contributed by atoms with Crippen molar-refractivity contribution in [2.24, 2.45) is 0 Å². The monoisotopic (exact) mass is 243 g/mol. The zero-order valence-corrected chi connectivity index (χ0v) is 10.9. The summed E-state index contributed by atoms with van der Waals surface area (Å²) in [6.07, 6.45) is 4.37. The molecule has 2 fully saturated rings. The fraction of sp³-hybridized carbons (Fsp3) is 1.00. The van der Waals surface area contributed by atoms with E-state index in [0.29, 0.717) is 6.04 Å². The third kappa shape index (κ3) is 3.91. The lowest BCUT2D eigenvalue weighted by molar-refractivity contribution is -0.0893. The van der Waals surface area contributed by atoms with Crippen LogP contribution in [0.15, 0.2) is 0 Å². The third-order valence-electron chi connectivity index (χ3n) is 3.66. The van der Waals surface area contributed by atoms with Gasteiger partial charge in [0.2, 0.25) is 0 Å². The van der Waals surface area contributed by atoms with Crippen molar-refractivity contribution in [3.8, 4) is 0 Å². The van der Waals surface area contributed by atoms with Gasteiger partial charge in [-0.15, -0.1) is 0 Å². The summed E-state index contributed by atoms with van der Waals surface area (Å²) in [7, 11) is 0. The molecule has 0 radical (unpaired) electrons. The Hall–Kier alpha value is -0.160. The molecule has 2 aliphatic heterocycles. The molecule has 0 amide bonds. The third-order valence-corrected chi connectivity index (χ3v) is 3.66. The van der Waals surface area contributed by atoms with Crippen LogP contribution in [0.5, 0.6) is 0 Å². The zero-order chi connectivity index (χ0) is 12.0. The summed E-state index contributed by atoms with van der Waals surface area (Å²) in [6.45, 7) is 7.27. The summed E-state index contributed by atoms with van der Waals surface area (Å²) in [5, 5.41) is 3.62. The summed E-state index contributed by atoms with van der Waals surface area (Å²) in [5.74, 6) is 0. The number of rotatable bonds is 6. The Labute approximate surface area is 104 Å². The average molecular weight is 243 g/mol. The van der Waals surface area contributed by atoms with E-state index in [0.717, 1.165) is 65.3 Å². The summed E-state index contributed by atoms with van der Waals surface area (Å²) in [5.41, 5.74) is 0.0236. The molecular formula is C13H25NO3. The maximum atomic E-state index is 5.91. The van der Waals surface area contributed by atoms with E-state index in [-0.39, 0.29) is 5.60 Å². The number of hydrogen-bond acceptors (Lipinski definition) is 4. The van der Waals surface area contributed by atoms with Crippen molar-refractivity contribution in [2.75, 3.05) is 39.6 Å². The van der Waals surface area contributed by atoms with Gasteiger partial charge in [0.15, 0.2) is 0 Å². The van der Waals surface area contributed by atoms with Crippen molar-refractivity contribution in [3.63, 3.8) is 0 Å². The van der Waals surface area contributed by atoms with Crippen LogP contribution < -0.4 is 5.32 Å². The molecule has 0 aromatic carbocycles. The molecule has 0 aromatic rings. The summed E-state index contributed by atoms with van der Waals surface area (Å²) in [4.78, 5) is 0. The van der Waals surface area contributed by atoms with Gasteiger partial charge in [0.1, 0.15) is 0 Å². The highest BCUT2D eigenvalue weighted by Gasteiger charge is 2.40. The van der Waals surface area contributed by atoms with Gasteiger partial charge in [-0.05, 0) is 32.7 Å². The Kier molecular flexibility index (Phi) is 5.22. The van der Waals surface area contributed by atoms with Crippen LogP contribution in [0, 0.1) is 0 Å². The van der Waals surface area contributed by atoms with Crippen LogP contribution in [-0.4, -0.2) is 51.2 Å². The Bertz CT molecular complexity index is 217. The largest absolute Gasteiger partial charge is 0.382 e. The van der Waals surface area contributed by atoms with Gasteiger partial charge < -0.3 is 19.5 Å². The SMILES string of the molecule is CCOCCCNC1CCOC2(CCOC2)C1. The van der Waals surface area contributed by atoms with E-state index in [1.165, 1.54) is 0 Å². The minimum atomic E-state index is 0.0236. The fourth-order valence-electron chi connectivity index (χ4n) is 2.69. The standard InChI is InChI=1S/C13H25NO3/c1-2-15-7-3-6-14-12-4-8-17-13(10-12)5-9-16-11-13/h12,14H,2-11H2,1H3. The van der Waals surface area contributed by atoms with Gasteiger partial charge in [0.05, 0.1) is 12.2 Å². The normalized spacial score (nSPS) is 33.4. The highest BCUT2D eigenvalue weighted by atomic mass is 16.6. The van der Waals surface area contributed by atoms with Gasteiger partial charge in [0.25, 0.3) is 0 Å². The van der Waals surface area contributed by atoms with Crippen LogP contribution in [0.2, 0.25) is 0 Å². The number of ether oxygens (including phenoxy) is 3. The molecule has 2 aliphatic rings. The number of hydrogen-bond donors (Lipinski definition) is 1. The number of nitrogens with one attached hydrogen (secondary N) is 1. The van der Waals surface area contributed by atoms with E-state index >= 15 is 0 Å². The molecule has 2 saturated heterocycles. The second-order valence-corrected chi connectivity index (χ2v) is 5.03. The van der Waals surface area contributed by atoms with Crippen molar-refractivity contribution in [1.82, 2.24) is 5.32 Å². The van der Waals surface area contributed by atoms with Crippen LogP contribution in [0.25, 0.3) is 0 Å². The molecule has 0 saturated carbocycles.